The van der Waals surface area contributed by atoms with Crippen LogP contribution in [0.5, 0.6) is 0 Å². The number of aryl methyl sites for hydroxylation is 1. The Morgan fingerprint density at radius 1 is 1.45 bits per heavy atom. The number of hydrogen-bond acceptors (Lipinski definition) is 5. The van der Waals surface area contributed by atoms with E-state index in [1.165, 1.54) is 11.3 Å². The van der Waals surface area contributed by atoms with Gasteiger partial charge in [-0.3, -0.25) is 9.78 Å². The number of nitrogens with one attached hydrogen (secondary N) is 2. The molecule has 2 heterocycles. The molecule has 1 aromatic carbocycles. The lowest BCUT2D eigenvalue weighted by atomic mass is 10.1. The molecule has 3 rings (SSSR count). The van der Waals surface area contributed by atoms with Gasteiger partial charge in [-0.05, 0) is 24.1 Å². The smallest absolute Gasteiger partial charge is 0.408 e. The van der Waals surface area contributed by atoms with Gasteiger partial charge in [0.05, 0.1) is 5.52 Å². The Morgan fingerprint density at radius 3 is 3.15 bits per heavy atom. The minimum Gasteiger partial charge on any atom is -0.408 e. The standard InChI is InChI=1S/C13H11N3O3S/c17-11(16-12-14-5-6-20-12)4-2-8-1-3-10-9(7-8)15-13(18)19-10/h1,3,5-7H,2,4H2,(H,15,18)(H,14,16,17). The largest absolute Gasteiger partial charge is 0.417 e. The van der Waals surface area contributed by atoms with Crippen molar-refractivity contribution in [3.8, 4) is 0 Å². The Hall–Kier alpha value is -2.41. The van der Waals surface area contributed by atoms with Crippen LogP contribution in [0.1, 0.15) is 12.0 Å². The Labute approximate surface area is 117 Å². The monoisotopic (exact) mass is 289 g/mol. The highest BCUT2D eigenvalue weighted by Gasteiger charge is 2.06. The van der Waals surface area contributed by atoms with Crippen LogP contribution >= 0.6 is 11.3 Å². The zero-order chi connectivity index (χ0) is 13.9. The molecule has 102 valence electrons. The molecule has 20 heavy (non-hydrogen) atoms. The summed E-state index contributed by atoms with van der Waals surface area (Å²) in [5.41, 5.74) is 2.13. The highest BCUT2D eigenvalue weighted by Crippen LogP contribution is 2.15. The maximum absolute atomic E-state index is 11.7. The van der Waals surface area contributed by atoms with Crippen LogP contribution in [0.4, 0.5) is 5.13 Å². The minimum atomic E-state index is -0.473. The van der Waals surface area contributed by atoms with E-state index in [1.54, 1.807) is 17.6 Å². The van der Waals surface area contributed by atoms with Gasteiger partial charge in [0, 0.05) is 18.0 Å². The molecule has 0 atom stereocenters. The number of carbonyl (C=O) groups is 1. The molecule has 7 heteroatoms. The molecule has 0 spiro atoms. The fourth-order valence-electron chi connectivity index (χ4n) is 1.88. The maximum atomic E-state index is 11.7. The van der Waals surface area contributed by atoms with E-state index in [-0.39, 0.29) is 5.91 Å². The van der Waals surface area contributed by atoms with Gasteiger partial charge in [-0.25, -0.2) is 9.78 Å². The Bertz CT molecular complexity index is 789. The van der Waals surface area contributed by atoms with Gasteiger partial charge >= 0.3 is 5.76 Å². The summed E-state index contributed by atoms with van der Waals surface area (Å²) < 4.78 is 4.92. The first-order valence-corrected chi connectivity index (χ1v) is 6.90. The number of amides is 1. The summed E-state index contributed by atoms with van der Waals surface area (Å²) in [5, 5.41) is 5.13. The molecule has 0 aliphatic rings. The summed E-state index contributed by atoms with van der Waals surface area (Å²) in [7, 11) is 0. The molecule has 3 aromatic rings. The van der Waals surface area contributed by atoms with E-state index in [0.29, 0.717) is 29.1 Å². The molecule has 2 N–H and O–H groups in total. The lowest BCUT2D eigenvalue weighted by molar-refractivity contribution is -0.116. The first kappa shape index (κ1) is 12.6. The van der Waals surface area contributed by atoms with Gasteiger partial charge in [-0.2, -0.15) is 0 Å². The Morgan fingerprint density at radius 2 is 2.35 bits per heavy atom. The van der Waals surface area contributed by atoms with Gasteiger partial charge in [0.1, 0.15) is 0 Å². The number of fused-ring (bicyclic) bond motifs is 1. The van der Waals surface area contributed by atoms with Crippen molar-refractivity contribution in [2.45, 2.75) is 12.8 Å². The van der Waals surface area contributed by atoms with E-state index in [9.17, 15) is 9.59 Å². The first-order chi connectivity index (χ1) is 9.70. The second-order valence-electron chi connectivity index (χ2n) is 4.23. The predicted octanol–water partition coefficient (Wildman–Crippen LogP) is 2.15. The highest BCUT2D eigenvalue weighted by atomic mass is 32.1. The number of aromatic nitrogens is 2. The van der Waals surface area contributed by atoms with E-state index in [1.807, 2.05) is 12.1 Å². The van der Waals surface area contributed by atoms with Crippen LogP contribution in [-0.2, 0) is 11.2 Å². The summed E-state index contributed by atoms with van der Waals surface area (Å²) in [4.78, 5) is 29.4. The summed E-state index contributed by atoms with van der Waals surface area (Å²) in [6.45, 7) is 0. The first-order valence-electron chi connectivity index (χ1n) is 6.02. The SMILES string of the molecule is O=C(CCc1ccc2oc(=O)[nH]c2c1)Nc1nccs1. The average molecular weight is 289 g/mol. The Kier molecular flexibility index (Phi) is 3.34. The third-order valence-electron chi connectivity index (χ3n) is 2.80. The number of hydrogen-bond donors (Lipinski definition) is 2. The van der Waals surface area contributed by atoms with Crippen LogP contribution in [0.2, 0.25) is 0 Å². The van der Waals surface area contributed by atoms with Gasteiger partial charge in [-0.15, -0.1) is 11.3 Å². The molecular formula is C13H11N3O3S. The zero-order valence-corrected chi connectivity index (χ0v) is 11.2. The normalized spacial score (nSPS) is 10.8. The molecule has 0 saturated carbocycles. The Balaban J connectivity index is 1.64. The molecule has 0 saturated heterocycles. The summed E-state index contributed by atoms with van der Waals surface area (Å²) in [6.07, 6.45) is 2.58. The topological polar surface area (TPSA) is 88.0 Å². The molecule has 0 aliphatic carbocycles. The van der Waals surface area contributed by atoms with Crippen LogP contribution in [0.15, 0.2) is 39.0 Å². The fraction of sp³-hybridized carbons (Fsp3) is 0.154. The van der Waals surface area contributed by atoms with Crippen LogP contribution in [0, 0.1) is 0 Å². The van der Waals surface area contributed by atoms with E-state index < -0.39 is 5.76 Å². The number of benzene rings is 1. The van der Waals surface area contributed by atoms with Crippen molar-refractivity contribution in [1.29, 1.82) is 0 Å². The third-order valence-corrected chi connectivity index (χ3v) is 3.49. The van der Waals surface area contributed by atoms with E-state index in [2.05, 4.69) is 15.3 Å². The second kappa shape index (κ2) is 5.30. The van der Waals surface area contributed by atoms with Crippen LogP contribution in [-0.4, -0.2) is 15.9 Å². The van der Waals surface area contributed by atoms with Gasteiger partial charge in [0.25, 0.3) is 0 Å². The molecule has 6 nitrogen and oxygen atoms in total. The van der Waals surface area contributed by atoms with Gasteiger partial charge < -0.3 is 9.73 Å². The summed E-state index contributed by atoms with van der Waals surface area (Å²) >= 11 is 1.38. The zero-order valence-electron chi connectivity index (χ0n) is 10.4. The number of rotatable bonds is 4. The van der Waals surface area contributed by atoms with Crippen molar-refractivity contribution in [2.75, 3.05) is 5.32 Å². The number of oxazole rings is 1. The van der Waals surface area contributed by atoms with Crippen molar-refractivity contribution in [1.82, 2.24) is 9.97 Å². The van der Waals surface area contributed by atoms with E-state index in [4.69, 9.17) is 4.42 Å². The predicted molar refractivity (Wildman–Crippen MR) is 75.9 cm³/mol. The number of anilines is 1. The second-order valence-corrected chi connectivity index (χ2v) is 5.13. The molecule has 2 aromatic heterocycles. The quantitative estimate of drug-likeness (QED) is 0.770. The number of H-pyrrole nitrogens is 1. The number of carbonyl (C=O) groups excluding carboxylic acids is 1. The number of nitrogens with zero attached hydrogens (tertiary/aromatic N) is 1. The van der Waals surface area contributed by atoms with Crippen LogP contribution < -0.4 is 11.1 Å². The van der Waals surface area contributed by atoms with Crippen molar-refractivity contribution >= 4 is 33.5 Å². The van der Waals surface area contributed by atoms with E-state index in [0.717, 1.165) is 5.56 Å². The molecule has 0 bridgehead atoms. The maximum Gasteiger partial charge on any atom is 0.417 e. The van der Waals surface area contributed by atoms with Gasteiger partial charge in [-0.1, -0.05) is 6.07 Å². The lowest BCUT2D eigenvalue weighted by Gasteiger charge is -2.02. The molecule has 0 radical (unpaired) electrons. The average Bonchev–Trinajstić information content (AvgIpc) is 3.04. The lowest BCUT2D eigenvalue weighted by Crippen LogP contribution is -2.11. The van der Waals surface area contributed by atoms with Crippen LogP contribution in [0.3, 0.4) is 0 Å². The molecule has 1 amide bonds. The van der Waals surface area contributed by atoms with E-state index >= 15 is 0 Å². The fourth-order valence-corrected chi connectivity index (χ4v) is 2.42. The van der Waals surface area contributed by atoms with Crippen molar-refractivity contribution < 1.29 is 9.21 Å². The molecule has 0 aliphatic heterocycles. The van der Waals surface area contributed by atoms with Crippen molar-refractivity contribution in [3.63, 3.8) is 0 Å². The molecule has 0 fully saturated rings. The van der Waals surface area contributed by atoms with Gasteiger partial charge in [0.2, 0.25) is 5.91 Å². The summed E-state index contributed by atoms with van der Waals surface area (Å²) in [5.74, 6) is -0.556. The van der Waals surface area contributed by atoms with Crippen LogP contribution in [0.25, 0.3) is 11.1 Å². The number of aromatic amines is 1. The minimum absolute atomic E-state index is 0.0827. The van der Waals surface area contributed by atoms with Gasteiger partial charge in [0.15, 0.2) is 10.7 Å². The van der Waals surface area contributed by atoms with Crippen molar-refractivity contribution in [3.05, 3.63) is 45.9 Å². The third kappa shape index (κ3) is 2.77. The summed E-state index contributed by atoms with van der Waals surface area (Å²) in [6, 6.07) is 5.38. The number of thiazole rings is 1. The highest BCUT2D eigenvalue weighted by molar-refractivity contribution is 7.13. The van der Waals surface area contributed by atoms with Crippen molar-refractivity contribution in [2.24, 2.45) is 0 Å². The molecular weight excluding hydrogens is 278 g/mol. The molecule has 0 unspecified atom stereocenters.